The van der Waals surface area contributed by atoms with Crippen LogP contribution in [0.4, 0.5) is 11.6 Å². The quantitative estimate of drug-likeness (QED) is 0.479. The van der Waals surface area contributed by atoms with Crippen molar-refractivity contribution < 1.29 is 19.5 Å². The SMILES string of the molecule is CCC(=O)Nc1nn(-c2ccnc(N3CCn4c(cc5c4CC(C)(C)C5)C3=O)c2CO)cc1C(N)=O. The van der Waals surface area contributed by atoms with Gasteiger partial charge in [0.1, 0.15) is 17.1 Å². The van der Waals surface area contributed by atoms with Crippen molar-refractivity contribution >= 4 is 29.4 Å². The molecule has 0 fully saturated rings. The maximum Gasteiger partial charge on any atom is 0.276 e. The molecular weight excluding hydrogens is 462 g/mol. The second kappa shape index (κ2) is 8.59. The second-order valence-corrected chi connectivity index (χ2v) is 10.0. The number of hydrogen-bond acceptors (Lipinski definition) is 6. The maximum atomic E-state index is 13.6. The van der Waals surface area contributed by atoms with Crippen molar-refractivity contribution in [3.05, 3.63) is 52.6 Å². The van der Waals surface area contributed by atoms with Gasteiger partial charge in [0.2, 0.25) is 5.91 Å². The molecule has 3 amide bonds. The molecular formula is C25H29N7O4. The van der Waals surface area contributed by atoms with Crippen molar-refractivity contribution in [2.45, 2.75) is 53.2 Å². The van der Waals surface area contributed by atoms with Gasteiger partial charge in [-0.15, -0.1) is 5.10 Å². The summed E-state index contributed by atoms with van der Waals surface area (Å²) in [4.78, 5) is 43.4. The Hall–Kier alpha value is -3.99. The lowest BCUT2D eigenvalue weighted by Gasteiger charge is -2.30. The molecule has 0 spiro atoms. The average Bonchev–Trinajstić information content (AvgIpc) is 3.49. The zero-order valence-electron chi connectivity index (χ0n) is 20.5. The highest BCUT2D eigenvalue weighted by molar-refractivity contribution is 6.06. The van der Waals surface area contributed by atoms with Gasteiger partial charge in [0.15, 0.2) is 5.82 Å². The molecule has 5 rings (SSSR count). The number of amides is 3. The van der Waals surface area contributed by atoms with Gasteiger partial charge >= 0.3 is 0 Å². The van der Waals surface area contributed by atoms with Gasteiger partial charge in [-0.1, -0.05) is 20.8 Å². The molecule has 0 saturated carbocycles. The highest BCUT2D eigenvalue weighted by Crippen LogP contribution is 2.39. The number of nitrogens with two attached hydrogens (primary N) is 1. The van der Waals surface area contributed by atoms with Gasteiger partial charge in [0.05, 0.1) is 12.3 Å². The minimum absolute atomic E-state index is 0.0286. The van der Waals surface area contributed by atoms with Crippen LogP contribution >= 0.6 is 0 Å². The summed E-state index contributed by atoms with van der Waals surface area (Å²) in [5.74, 6) is -0.903. The Labute approximate surface area is 207 Å². The number of primary amides is 1. The molecule has 2 aliphatic rings. The van der Waals surface area contributed by atoms with Crippen LogP contribution in [0.25, 0.3) is 5.69 Å². The molecule has 1 aliphatic carbocycles. The number of pyridine rings is 1. The van der Waals surface area contributed by atoms with Crippen LogP contribution in [0.5, 0.6) is 0 Å². The summed E-state index contributed by atoms with van der Waals surface area (Å²) in [6.45, 7) is 6.76. The molecule has 0 aromatic carbocycles. The number of hydrogen-bond donors (Lipinski definition) is 3. The average molecular weight is 492 g/mol. The molecule has 4 heterocycles. The van der Waals surface area contributed by atoms with Crippen molar-refractivity contribution in [2.24, 2.45) is 11.1 Å². The Morgan fingerprint density at radius 3 is 2.72 bits per heavy atom. The molecule has 188 valence electrons. The Kier molecular flexibility index (Phi) is 5.67. The number of anilines is 2. The fourth-order valence-corrected chi connectivity index (χ4v) is 5.17. The van der Waals surface area contributed by atoms with Gasteiger partial charge < -0.3 is 20.7 Å². The summed E-state index contributed by atoms with van der Waals surface area (Å²) in [5, 5.41) is 17.2. The first-order valence-corrected chi connectivity index (χ1v) is 11.9. The van der Waals surface area contributed by atoms with Gasteiger partial charge in [-0.3, -0.25) is 19.3 Å². The van der Waals surface area contributed by atoms with Crippen molar-refractivity contribution in [1.29, 1.82) is 0 Å². The van der Waals surface area contributed by atoms with E-state index in [9.17, 15) is 19.5 Å². The predicted molar refractivity (Wildman–Crippen MR) is 132 cm³/mol. The largest absolute Gasteiger partial charge is 0.391 e. The van der Waals surface area contributed by atoms with E-state index in [4.69, 9.17) is 5.73 Å². The summed E-state index contributed by atoms with van der Waals surface area (Å²) >= 11 is 0. The van der Waals surface area contributed by atoms with Crippen LogP contribution in [0.3, 0.4) is 0 Å². The molecule has 0 radical (unpaired) electrons. The van der Waals surface area contributed by atoms with E-state index in [2.05, 4.69) is 33.8 Å². The Balaban J connectivity index is 1.53. The first-order chi connectivity index (χ1) is 17.1. The molecule has 0 bridgehead atoms. The van der Waals surface area contributed by atoms with Crippen molar-refractivity contribution in [3.8, 4) is 5.69 Å². The minimum Gasteiger partial charge on any atom is -0.391 e. The number of fused-ring (bicyclic) bond motifs is 3. The molecule has 0 saturated heterocycles. The number of carbonyl (C=O) groups is 3. The smallest absolute Gasteiger partial charge is 0.276 e. The van der Waals surface area contributed by atoms with Gasteiger partial charge in [0, 0.05) is 43.2 Å². The summed E-state index contributed by atoms with van der Waals surface area (Å²) in [6.07, 6.45) is 4.98. The van der Waals surface area contributed by atoms with E-state index in [1.54, 1.807) is 17.9 Å². The lowest BCUT2D eigenvalue weighted by atomic mass is 9.90. The van der Waals surface area contributed by atoms with E-state index >= 15 is 0 Å². The van der Waals surface area contributed by atoms with Gasteiger partial charge in [-0.2, -0.15) is 0 Å². The van der Waals surface area contributed by atoms with Gasteiger partial charge in [0.25, 0.3) is 11.8 Å². The van der Waals surface area contributed by atoms with E-state index in [0.29, 0.717) is 35.9 Å². The third kappa shape index (κ3) is 3.85. The predicted octanol–water partition coefficient (Wildman–Crippen LogP) is 1.79. The van der Waals surface area contributed by atoms with Crippen LogP contribution in [-0.4, -0.2) is 48.7 Å². The third-order valence-corrected chi connectivity index (χ3v) is 6.85. The highest BCUT2D eigenvalue weighted by atomic mass is 16.3. The maximum absolute atomic E-state index is 13.6. The van der Waals surface area contributed by atoms with Crippen LogP contribution in [0, 0.1) is 5.41 Å². The Morgan fingerprint density at radius 1 is 1.25 bits per heavy atom. The van der Waals surface area contributed by atoms with Crippen molar-refractivity contribution in [2.75, 3.05) is 16.8 Å². The second-order valence-electron chi connectivity index (χ2n) is 10.0. The fourth-order valence-electron chi connectivity index (χ4n) is 5.17. The van der Waals surface area contributed by atoms with E-state index in [-0.39, 0.29) is 35.0 Å². The van der Waals surface area contributed by atoms with Crippen LogP contribution in [0.15, 0.2) is 24.5 Å². The molecule has 0 unspecified atom stereocenters. The summed E-state index contributed by atoms with van der Waals surface area (Å²) in [5.41, 5.74) is 9.56. The first-order valence-electron chi connectivity index (χ1n) is 11.9. The molecule has 1 aliphatic heterocycles. The van der Waals surface area contributed by atoms with Gasteiger partial charge in [-0.25, -0.2) is 9.67 Å². The van der Waals surface area contributed by atoms with E-state index in [0.717, 1.165) is 12.8 Å². The fraction of sp³-hybridized carbons (Fsp3) is 0.400. The zero-order valence-corrected chi connectivity index (χ0v) is 20.5. The van der Waals surface area contributed by atoms with E-state index in [1.165, 1.54) is 28.3 Å². The number of rotatable bonds is 6. The summed E-state index contributed by atoms with van der Waals surface area (Å²) in [7, 11) is 0. The number of carbonyl (C=O) groups excluding carboxylic acids is 3. The number of nitrogens with zero attached hydrogens (tertiary/aromatic N) is 5. The molecule has 3 aromatic heterocycles. The molecule has 36 heavy (non-hydrogen) atoms. The van der Waals surface area contributed by atoms with Crippen molar-refractivity contribution in [1.82, 2.24) is 19.3 Å². The first kappa shape index (κ1) is 23.7. The zero-order chi connectivity index (χ0) is 25.8. The number of nitrogens with one attached hydrogen (secondary N) is 1. The Morgan fingerprint density at radius 2 is 2.03 bits per heavy atom. The van der Waals surface area contributed by atoms with Crippen LogP contribution in [-0.2, 0) is 30.8 Å². The molecule has 11 nitrogen and oxygen atoms in total. The standard InChI is InChI=1S/C25H29N7O4/c1-4-20(34)28-22-15(21(26)35)12-32(29-22)17-5-6-27-23(16(17)13-33)31-8-7-30-18(24(31)36)9-14-10-25(2,3)11-19(14)30/h5-6,9,12,33H,4,7-8,10-11,13H2,1-3H3,(H2,26,35)(H,28,29,34). The third-order valence-electron chi connectivity index (χ3n) is 6.85. The molecule has 0 atom stereocenters. The van der Waals surface area contributed by atoms with Gasteiger partial charge in [-0.05, 0) is 36.0 Å². The number of aliphatic hydroxyl groups is 1. The van der Waals surface area contributed by atoms with E-state index < -0.39 is 12.5 Å². The molecule has 4 N–H and O–H groups in total. The monoisotopic (exact) mass is 491 g/mol. The Bertz CT molecular complexity index is 1400. The topological polar surface area (TPSA) is 148 Å². The molecule has 3 aromatic rings. The van der Waals surface area contributed by atoms with E-state index in [1.807, 2.05) is 6.07 Å². The van der Waals surface area contributed by atoms with Crippen molar-refractivity contribution in [3.63, 3.8) is 0 Å². The van der Waals surface area contributed by atoms with Crippen LogP contribution < -0.4 is 16.0 Å². The summed E-state index contributed by atoms with van der Waals surface area (Å²) in [6, 6.07) is 3.60. The van der Waals surface area contributed by atoms with Crippen LogP contribution in [0.1, 0.15) is 64.9 Å². The minimum atomic E-state index is -0.754. The molecule has 11 heteroatoms. The number of aliphatic hydroxyl groups excluding tert-OH is 1. The number of aromatic nitrogens is 4. The normalized spacial score (nSPS) is 16.1. The summed E-state index contributed by atoms with van der Waals surface area (Å²) < 4.78 is 3.47. The van der Waals surface area contributed by atoms with Crippen LogP contribution in [0.2, 0.25) is 0 Å². The lowest BCUT2D eigenvalue weighted by molar-refractivity contribution is -0.115. The lowest BCUT2D eigenvalue weighted by Crippen LogP contribution is -2.41. The highest BCUT2D eigenvalue weighted by Gasteiger charge is 2.37.